The quantitative estimate of drug-likeness (QED) is 0.761. The standard InChI is InChI=1S/C22H29NO2/c1-5-21(25-20-8-6-7-17(4)15-20)22(24)23-14-13-18-9-11-19(12-10-18)16(2)3/h6-12,15-16,21H,5,13-14H2,1-4H3,(H,23,24). The van der Waals surface area contributed by atoms with Crippen LogP contribution in [0.5, 0.6) is 5.75 Å². The van der Waals surface area contributed by atoms with E-state index in [1.807, 2.05) is 38.1 Å². The first-order chi connectivity index (χ1) is 12.0. The van der Waals surface area contributed by atoms with Gasteiger partial charge in [0.1, 0.15) is 5.75 Å². The molecule has 0 heterocycles. The van der Waals surface area contributed by atoms with Crippen molar-refractivity contribution in [3.05, 3.63) is 65.2 Å². The fourth-order valence-electron chi connectivity index (χ4n) is 2.69. The summed E-state index contributed by atoms with van der Waals surface area (Å²) in [4.78, 5) is 12.4. The SMILES string of the molecule is CCC(Oc1cccc(C)c1)C(=O)NCCc1ccc(C(C)C)cc1. The number of nitrogens with one attached hydrogen (secondary N) is 1. The highest BCUT2D eigenvalue weighted by Crippen LogP contribution is 2.16. The first kappa shape index (κ1) is 19.0. The molecule has 3 heteroatoms. The Balaban J connectivity index is 1.83. The van der Waals surface area contributed by atoms with E-state index in [2.05, 4.69) is 43.4 Å². The number of benzene rings is 2. The maximum atomic E-state index is 12.4. The molecule has 2 aromatic rings. The molecule has 1 N–H and O–H groups in total. The van der Waals surface area contributed by atoms with Crippen LogP contribution < -0.4 is 10.1 Å². The zero-order valence-corrected chi connectivity index (χ0v) is 15.7. The van der Waals surface area contributed by atoms with Crippen molar-refractivity contribution >= 4 is 5.91 Å². The second-order valence-electron chi connectivity index (χ2n) is 6.77. The molecule has 3 nitrogen and oxygen atoms in total. The van der Waals surface area contributed by atoms with E-state index in [1.165, 1.54) is 11.1 Å². The number of rotatable bonds is 8. The summed E-state index contributed by atoms with van der Waals surface area (Å²) in [6, 6.07) is 16.4. The Hall–Kier alpha value is -2.29. The van der Waals surface area contributed by atoms with E-state index in [-0.39, 0.29) is 5.91 Å². The first-order valence-electron chi connectivity index (χ1n) is 9.09. The molecule has 2 aromatic carbocycles. The average molecular weight is 339 g/mol. The molecule has 0 aliphatic heterocycles. The van der Waals surface area contributed by atoms with E-state index in [1.54, 1.807) is 0 Å². The fourth-order valence-corrected chi connectivity index (χ4v) is 2.69. The van der Waals surface area contributed by atoms with Crippen LogP contribution >= 0.6 is 0 Å². The van der Waals surface area contributed by atoms with Gasteiger partial charge in [0.25, 0.3) is 5.91 Å². The van der Waals surface area contributed by atoms with Gasteiger partial charge in [0, 0.05) is 6.54 Å². The zero-order chi connectivity index (χ0) is 18.2. The van der Waals surface area contributed by atoms with Crippen LogP contribution in [0.2, 0.25) is 0 Å². The van der Waals surface area contributed by atoms with Crippen molar-refractivity contribution in [2.24, 2.45) is 0 Å². The Labute approximate surface area is 151 Å². The summed E-state index contributed by atoms with van der Waals surface area (Å²) >= 11 is 0. The third-order valence-corrected chi connectivity index (χ3v) is 4.29. The highest BCUT2D eigenvalue weighted by Gasteiger charge is 2.17. The summed E-state index contributed by atoms with van der Waals surface area (Å²) in [7, 11) is 0. The molecule has 0 bridgehead atoms. The highest BCUT2D eigenvalue weighted by molar-refractivity contribution is 5.81. The Morgan fingerprint density at radius 2 is 1.84 bits per heavy atom. The van der Waals surface area contributed by atoms with Crippen molar-refractivity contribution in [2.75, 3.05) is 6.54 Å². The van der Waals surface area contributed by atoms with Gasteiger partial charge in [0.05, 0.1) is 0 Å². The Morgan fingerprint density at radius 1 is 1.12 bits per heavy atom. The molecule has 0 spiro atoms. The number of hydrogen-bond acceptors (Lipinski definition) is 2. The molecule has 0 saturated heterocycles. The summed E-state index contributed by atoms with van der Waals surface area (Å²) < 4.78 is 5.84. The van der Waals surface area contributed by atoms with Crippen LogP contribution in [0.1, 0.15) is 49.8 Å². The highest BCUT2D eigenvalue weighted by atomic mass is 16.5. The first-order valence-corrected chi connectivity index (χ1v) is 9.09. The number of carbonyl (C=O) groups excluding carboxylic acids is 1. The lowest BCUT2D eigenvalue weighted by molar-refractivity contribution is -0.128. The Morgan fingerprint density at radius 3 is 2.44 bits per heavy atom. The van der Waals surface area contributed by atoms with Gasteiger partial charge in [0.2, 0.25) is 0 Å². The van der Waals surface area contributed by atoms with Crippen molar-refractivity contribution in [1.82, 2.24) is 5.32 Å². The molecule has 0 aliphatic rings. The van der Waals surface area contributed by atoms with Gasteiger partial charge in [-0.05, 0) is 54.5 Å². The minimum Gasteiger partial charge on any atom is -0.481 e. The lowest BCUT2D eigenvalue weighted by atomic mass is 10.0. The van der Waals surface area contributed by atoms with Gasteiger partial charge in [-0.1, -0.05) is 57.2 Å². The number of hydrogen-bond donors (Lipinski definition) is 1. The molecular formula is C22H29NO2. The van der Waals surface area contributed by atoms with Crippen LogP contribution in [-0.2, 0) is 11.2 Å². The predicted octanol–water partition coefficient (Wildman–Crippen LogP) is 4.63. The lowest BCUT2D eigenvalue weighted by Gasteiger charge is -2.17. The second kappa shape index (κ2) is 9.26. The number of ether oxygens (including phenoxy) is 1. The largest absolute Gasteiger partial charge is 0.481 e. The normalized spacial score (nSPS) is 12.0. The monoisotopic (exact) mass is 339 g/mol. The third kappa shape index (κ3) is 5.93. The minimum atomic E-state index is -0.454. The molecule has 0 saturated carbocycles. The molecule has 1 unspecified atom stereocenters. The summed E-state index contributed by atoms with van der Waals surface area (Å²) in [6.07, 6.45) is 1.01. The van der Waals surface area contributed by atoms with Crippen LogP contribution in [0, 0.1) is 6.92 Å². The third-order valence-electron chi connectivity index (χ3n) is 4.29. The van der Waals surface area contributed by atoms with Gasteiger partial charge >= 0.3 is 0 Å². The molecule has 2 rings (SSSR count). The van der Waals surface area contributed by atoms with Crippen LogP contribution in [0.25, 0.3) is 0 Å². The minimum absolute atomic E-state index is 0.0530. The maximum absolute atomic E-state index is 12.4. The topological polar surface area (TPSA) is 38.3 Å². The number of amides is 1. The summed E-state index contributed by atoms with van der Waals surface area (Å²) in [5.74, 6) is 1.23. The summed E-state index contributed by atoms with van der Waals surface area (Å²) in [6.45, 7) is 8.97. The zero-order valence-electron chi connectivity index (χ0n) is 15.7. The van der Waals surface area contributed by atoms with Crippen molar-refractivity contribution in [3.8, 4) is 5.75 Å². The lowest BCUT2D eigenvalue weighted by Crippen LogP contribution is -2.38. The molecule has 25 heavy (non-hydrogen) atoms. The van der Waals surface area contributed by atoms with Crippen LogP contribution in [0.3, 0.4) is 0 Å². The molecule has 134 valence electrons. The van der Waals surface area contributed by atoms with E-state index in [9.17, 15) is 4.79 Å². The average Bonchev–Trinajstić information content (AvgIpc) is 2.60. The number of carbonyl (C=O) groups is 1. The van der Waals surface area contributed by atoms with Crippen LogP contribution in [-0.4, -0.2) is 18.6 Å². The van der Waals surface area contributed by atoms with E-state index in [0.29, 0.717) is 18.9 Å². The number of aryl methyl sites for hydroxylation is 1. The van der Waals surface area contributed by atoms with E-state index in [0.717, 1.165) is 17.7 Å². The Bertz CT molecular complexity index is 677. The smallest absolute Gasteiger partial charge is 0.261 e. The molecule has 1 atom stereocenters. The van der Waals surface area contributed by atoms with E-state index < -0.39 is 6.10 Å². The Kier molecular flexibility index (Phi) is 7.05. The van der Waals surface area contributed by atoms with Gasteiger partial charge in [-0.2, -0.15) is 0 Å². The van der Waals surface area contributed by atoms with Gasteiger partial charge in [-0.15, -0.1) is 0 Å². The predicted molar refractivity (Wildman–Crippen MR) is 103 cm³/mol. The fraction of sp³-hybridized carbons (Fsp3) is 0.409. The molecule has 0 fully saturated rings. The maximum Gasteiger partial charge on any atom is 0.261 e. The van der Waals surface area contributed by atoms with Gasteiger partial charge in [0.15, 0.2) is 6.10 Å². The summed E-state index contributed by atoms with van der Waals surface area (Å²) in [5, 5.41) is 2.99. The van der Waals surface area contributed by atoms with Gasteiger partial charge in [-0.25, -0.2) is 0 Å². The van der Waals surface area contributed by atoms with Gasteiger partial charge < -0.3 is 10.1 Å². The van der Waals surface area contributed by atoms with Crippen molar-refractivity contribution in [3.63, 3.8) is 0 Å². The molecule has 0 aromatic heterocycles. The second-order valence-corrected chi connectivity index (χ2v) is 6.77. The van der Waals surface area contributed by atoms with Gasteiger partial charge in [-0.3, -0.25) is 4.79 Å². The summed E-state index contributed by atoms with van der Waals surface area (Å²) in [5.41, 5.74) is 3.69. The van der Waals surface area contributed by atoms with Crippen molar-refractivity contribution in [1.29, 1.82) is 0 Å². The van der Waals surface area contributed by atoms with Crippen LogP contribution in [0.15, 0.2) is 48.5 Å². The van der Waals surface area contributed by atoms with Crippen molar-refractivity contribution < 1.29 is 9.53 Å². The molecule has 0 radical (unpaired) electrons. The van der Waals surface area contributed by atoms with Crippen molar-refractivity contribution in [2.45, 2.75) is 52.6 Å². The van der Waals surface area contributed by atoms with E-state index >= 15 is 0 Å². The molecular weight excluding hydrogens is 310 g/mol. The van der Waals surface area contributed by atoms with E-state index in [4.69, 9.17) is 4.74 Å². The molecule has 0 aliphatic carbocycles. The van der Waals surface area contributed by atoms with Crippen LogP contribution in [0.4, 0.5) is 0 Å². The molecule has 1 amide bonds.